The summed E-state index contributed by atoms with van der Waals surface area (Å²) in [5, 5.41) is 5.14. The number of benzene rings is 2. The van der Waals surface area contributed by atoms with Gasteiger partial charge in [-0.1, -0.05) is 6.07 Å². The van der Waals surface area contributed by atoms with Gasteiger partial charge in [0.1, 0.15) is 5.82 Å². The number of aryl methyl sites for hydroxylation is 1. The molecule has 0 bridgehead atoms. The minimum absolute atomic E-state index is 0.119. The highest BCUT2D eigenvalue weighted by Crippen LogP contribution is 2.38. The van der Waals surface area contributed by atoms with Gasteiger partial charge in [-0.2, -0.15) is 0 Å². The first kappa shape index (κ1) is 18.4. The molecule has 0 aliphatic carbocycles. The van der Waals surface area contributed by atoms with Crippen LogP contribution in [0.2, 0.25) is 0 Å². The lowest BCUT2D eigenvalue weighted by molar-refractivity contribution is 0.251. The van der Waals surface area contributed by atoms with Crippen molar-refractivity contribution in [1.29, 1.82) is 0 Å². The minimum atomic E-state index is -0.517. The zero-order chi connectivity index (χ0) is 18.4. The van der Waals surface area contributed by atoms with Crippen molar-refractivity contribution in [2.75, 3.05) is 26.6 Å². The van der Waals surface area contributed by atoms with Crippen molar-refractivity contribution < 1.29 is 23.4 Å². The largest absolute Gasteiger partial charge is 0.493 e. The number of rotatable bonds is 6. The van der Waals surface area contributed by atoms with Crippen LogP contribution in [0.5, 0.6) is 17.2 Å². The lowest BCUT2D eigenvalue weighted by Crippen LogP contribution is -2.28. The number of anilines is 1. The van der Waals surface area contributed by atoms with E-state index in [0.717, 1.165) is 11.1 Å². The van der Waals surface area contributed by atoms with Crippen LogP contribution in [0.3, 0.4) is 0 Å². The van der Waals surface area contributed by atoms with Crippen molar-refractivity contribution in [3.63, 3.8) is 0 Å². The Kier molecular flexibility index (Phi) is 6.05. The van der Waals surface area contributed by atoms with E-state index in [9.17, 15) is 9.18 Å². The van der Waals surface area contributed by atoms with Crippen LogP contribution in [0.25, 0.3) is 0 Å². The Hall–Kier alpha value is -2.96. The van der Waals surface area contributed by atoms with Gasteiger partial charge in [0.25, 0.3) is 0 Å². The Balaban J connectivity index is 2.06. The standard InChI is InChI=1S/C18H21FN2O4/c1-11-5-6-14(13(19)7-11)21-18(22)20-10-12-8-15(23-2)17(25-4)16(9-12)24-3/h5-9H,10H2,1-4H3,(H2,20,21,22). The summed E-state index contributed by atoms with van der Waals surface area (Å²) < 4.78 is 29.5. The fourth-order valence-electron chi connectivity index (χ4n) is 2.31. The molecule has 0 saturated carbocycles. The third-order valence-electron chi connectivity index (χ3n) is 3.55. The Morgan fingerprint density at radius 2 is 1.68 bits per heavy atom. The van der Waals surface area contributed by atoms with Crippen LogP contribution in [0.15, 0.2) is 30.3 Å². The molecule has 25 heavy (non-hydrogen) atoms. The van der Waals surface area contributed by atoms with Gasteiger partial charge in [0.05, 0.1) is 27.0 Å². The fraction of sp³-hybridized carbons (Fsp3) is 0.278. The molecule has 0 radical (unpaired) electrons. The van der Waals surface area contributed by atoms with Crippen molar-refractivity contribution in [3.05, 3.63) is 47.3 Å². The molecule has 2 aromatic rings. The molecule has 0 heterocycles. The summed E-state index contributed by atoms with van der Waals surface area (Å²) in [7, 11) is 4.55. The zero-order valence-corrected chi connectivity index (χ0v) is 14.6. The average Bonchev–Trinajstić information content (AvgIpc) is 2.61. The summed E-state index contributed by atoms with van der Waals surface area (Å²) in [5.41, 5.74) is 1.64. The molecule has 0 spiro atoms. The van der Waals surface area contributed by atoms with Crippen LogP contribution in [0.4, 0.5) is 14.9 Å². The lowest BCUT2D eigenvalue weighted by atomic mass is 10.2. The van der Waals surface area contributed by atoms with Crippen molar-refractivity contribution in [2.24, 2.45) is 0 Å². The van der Waals surface area contributed by atoms with Gasteiger partial charge in [-0.15, -0.1) is 0 Å². The molecule has 0 saturated heterocycles. The van der Waals surface area contributed by atoms with Gasteiger partial charge >= 0.3 is 6.03 Å². The summed E-state index contributed by atoms with van der Waals surface area (Å²) in [6.45, 7) is 1.98. The van der Waals surface area contributed by atoms with E-state index in [1.54, 1.807) is 25.1 Å². The number of amides is 2. The van der Waals surface area contributed by atoms with E-state index in [1.807, 2.05) is 0 Å². The molecule has 2 rings (SSSR count). The molecule has 134 valence electrons. The highest BCUT2D eigenvalue weighted by molar-refractivity contribution is 5.89. The van der Waals surface area contributed by atoms with Gasteiger partial charge < -0.3 is 24.8 Å². The SMILES string of the molecule is COc1cc(CNC(=O)Nc2ccc(C)cc2F)cc(OC)c1OC. The quantitative estimate of drug-likeness (QED) is 0.839. The van der Waals surface area contributed by atoms with Gasteiger partial charge in [-0.3, -0.25) is 0 Å². The molecule has 2 amide bonds. The van der Waals surface area contributed by atoms with E-state index in [1.165, 1.54) is 33.5 Å². The number of methoxy groups -OCH3 is 3. The number of hydrogen-bond donors (Lipinski definition) is 2. The minimum Gasteiger partial charge on any atom is -0.493 e. The number of urea groups is 1. The van der Waals surface area contributed by atoms with Crippen LogP contribution in [0, 0.1) is 12.7 Å². The maximum atomic E-state index is 13.8. The molecule has 0 aliphatic rings. The van der Waals surface area contributed by atoms with E-state index < -0.39 is 11.8 Å². The summed E-state index contributed by atoms with van der Waals surface area (Å²) in [4.78, 5) is 12.0. The summed E-state index contributed by atoms with van der Waals surface area (Å²) in [6.07, 6.45) is 0. The third-order valence-corrected chi connectivity index (χ3v) is 3.55. The Morgan fingerprint density at radius 1 is 1.04 bits per heavy atom. The molecule has 2 N–H and O–H groups in total. The number of nitrogens with one attached hydrogen (secondary N) is 2. The first-order valence-corrected chi connectivity index (χ1v) is 7.58. The van der Waals surface area contributed by atoms with Crippen molar-refractivity contribution in [1.82, 2.24) is 5.32 Å². The van der Waals surface area contributed by atoms with Crippen molar-refractivity contribution >= 4 is 11.7 Å². The molecular weight excluding hydrogens is 327 g/mol. The number of halogens is 1. The average molecular weight is 348 g/mol. The highest BCUT2D eigenvalue weighted by atomic mass is 19.1. The second kappa shape index (κ2) is 8.23. The molecule has 0 fully saturated rings. The van der Waals surface area contributed by atoms with E-state index in [4.69, 9.17) is 14.2 Å². The van der Waals surface area contributed by atoms with Crippen molar-refractivity contribution in [2.45, 2.75) is 13.5 Å². The van der Waals surface area contributed by atoms with Crippen LogP contribution in [0.1, 0.15) is 11.1 Å². The molecule has 0 aromatic heterocycles. The predicted octanol–water partition coefficient (Wildman–Crippen LogP) is 3.48. The molecule has 2 aromatic carbocycles. The summed E-state index contributed by atoms with van der Waals surface area (Å²) >= 11 is 0. The summed E-state index contributed by atoms with van der Waals surface area (Å²) in [5.74, 6) is 0.968. The third kappa shape index (κ3) is 4.53. The molecule has 6 nitrogen and oxygen atoms in total. The van der Waals surface area contributed by atoms with E-state index in [-0.39, 0.29) is 12.2 Å². The number of hydrogen-bond acceptors (Lipinski definition) is 4. The maximum absolute atomic E-state index is 13.8. The molecular formula is C18H21FN2O4. The van der Waals surface area contributed by atoms with Gasteiger partial charge in [0.2, 0.25) is 5.75 Å². The predicted molar refractivity (Wildman–Crippen MR) is 93.1 cm³/mol. The zero-order valence-electron chi connectivity index (χ0n) is 14.6. The Labute approximate surface area is 145 Å². The van der Waals surface area contributed by atoms with Crippen molar-refractivity contribution in [3.8, 4) is 17.2 Å². The lowest BCUT2D eigenvalue weighted by Gasteiger charge is -2.14. The smallest absolute Gasteiger partial charge is 0.319 e. The second-order valence-electron chi connectivity index (χ2n) is 5.32. The van der Waals surface area contributed by atoms with E-state index in [0.29, 0.717) is 17.2 Å². The molecule has 0 aliphatic heterocycles. The first-order chi connectivity index (χ1) is 12.0. The molecule has 7 heteroatoms. The Bertz CT molecular complexity index is 740. The van der Waals surface area contributed by atoms with E-state index in [2.05, 4.69) is 10.6 Å². The second-order valence-corrected chi connectivity index (χ2v) is 5.32. The van der Waals surface area contributed by atoms with Crippen LogP contribution in [-0.4, -0.2) is 27.4 Å². The number of ether oxygens (including phenoxy) is 3. The number of carbonyl (C=O) groups excluding carboxylic acids is 1. The first-order valence-electron chi connectivity index (χ1n) is 7.58. The molecule has 0 unspecified atom stereocenters. The highest BCUT2D eigenvalue weighted by Gasteiger charge is 2.14. The van der Waals surface area contributed by atoms with E-state index >= 15 is 0 Å². The van der Waals surface area contributed by atoms with Crippen LogP contribution < -0.4 is 24.8 Å². The monoisotopic (exact) mass is 348 g/mol. The fourth-order valence-corrected chi connectivity index (χ4v) is 2.31. The van der Waals surface area contributed by atoms with Crippen LogP contribution >= 0.6 is 0 Å². The Morgan fingerprint density at radius 3 is 2.20 bits per heavy atom. The van der Waals surface area contributed by atoms with Crippen LogP contribution in [-0.2, 0) is 6.54 Å². The topological polar surface area (TPSA) is 68.8 Å². The van der Waals surface area contributed by atoms with Gasteiger partial charge in [0, 0.05) is 6.54 Å². The van der Waals surface area contributed by atoms with Gasteiger partial charge in [0.15, 0.2) is 11.5 Å². The maximum Gasteiger partial charge on any atom is 0.319 e. The van der Waals surface area contributed by atoms with Gasteiger partial charge in [-0.25, -0.2) is 9.18 Å². The van der Waals surface area contributed by atoms with Gasteiger partial charge in [-0.05, 0) is 42.3 Å². The summed E-state index contributed by atoms with van der Waals surface area (Å²) in [6, 6.07) is 7.54. The normalized spacial score (nSPS) is 10.1. The molecule has 0 atom stereocenters. The number of carbonyl (C=O) groups is 1.